The Morgan fingerprint density at radius 3 is 3.05 bits per heavy atom. The van der Waals surface area contributed by atoms with E-state index in [2.05, 4.69) is 17.3 Å². The van der Waals surface area contributed by atoms with Crippen LogP contribution in [0.1, 0.15) is 12.1 Å². The lowest BCUT2D eigenvalue weighted by atomic mass is 10.2. The van der Waals surface area contributed by atoms with Crippen LogP contribution in [0.5, 0.6) is 0 Å². The highest BCUT2D eigenvalue weighted by Gasteiger charge is 2.18. The minimum atomic E-state index is 0.0954. The molecule has 0 radical (unpaired) electrons. The number of carbonyl (C=O) groups excluding carboxylic acids is 1. The van der Waals surface area contributed by atoms with E-state index in [0.29, 0.717) is 13.0 Å². The molecule has 1 aliphatic heterocycles. The normalized spacial score (nSPS) is 20.4. The van der Waals surface area contributed by atoms with Crippen molar-refractivity contribution in [2.75, 3.05) is 33.3 Å². The van der Waals surface area contributed by atoms with Crippen LogP contribution < -0.4 is 5.32 Å². The summed E-state index contributed by atoms with van der Waals surface area (Å²) in [5, 5.41) is 2.95. The maximum atomic E-state index is 11.8. The van der Waals surface area contributed by atoms with Crippen molar-refractivity contribution in [1.29, 1.82) is 0 Å². The Morgan fingerprint density at radius 1 is 1.53 bits per heavy atom. The van der Waals surface area contributed by atoms with Gasteiger partial charge >= 0.3 is 0 Å². The summed E-state index contributed by atoms with van der Waals surface area (Å²) in [5.74, 6) is 0.0954. The van der Waals surface area contributed by atoms with Gasteiger partial charge in [0.1, 0.15) is 0 Å². The predicted octanol–water partition coefficient (Wildman–Crippen LogP) is 0.405. The van der Waals surface area contributed by atoms with Gasteiger partial charge in [0, 0.05) is 45.0 Å². The standard InChI is InChI=1S/C14H23N3O2/c1-16-8-9-19-13(11-16)10-15-14(18)6-5-12-4-3-7-17(12)2/h3-4,7,13H,5-6,8-11H2,1-2H3,(H,15,18)/t13-/m0/s1. The van der Waals surface area contributed by atoms with E-state index < -0.39 is 0 Å². The van der Waals surface area contributed by atoms with Crippen LogP contribution in [0, 0.1) is 0 Å². The van der Waals surface area contributed by atoms with E-state index in [-0.39, 0.29) is 12.0 Å². The number of amides is 1. The lowest BCUT2D eigenvalue weighted by Crippen LogP contribution is -2.45. The summed E-state index contributed by atoms with van der Waals surface area (Å²) >= 11 is 0. The summed E-state index contributed by atoms with van der Waals surface area (Å²) < 4.78 is 7.66. The molecule has 1 aromatic rings. The Bertz CT molecular complexity index is 417. The average molecular weight is 265 g/mol. The Kier molecular flexibility index (Phi) is 4.99. The van der Waals surface area contributed by atoms with E-state index in [1.54, 1.807) is 0 Å². The Balaban J connectivity index is 1.66. The summed E-state index contributed by atoms with van der Waals surface area (Å²) in [6.45, 7) is 3.22. The molecule has 0 bridgehead atoms. The van der Waals surface area contributed by atoms with E-state index in [0.717, 1.165) is 26.1 Å². The van der Waals surface area contributed by atoms with Crippen LogP contribution in [0.4, 0.5) is 0 Å². The van der Waals surface area contributed by atoms with Gasteiger partial charge in [-0.25, -0.2) is 0 Å². The van der Waals surface area contributed by atoms with Crippen LogP contribution >= 0.6 is 0 Å². The zero-order chi connectivity index (χ0) is 13.7. The fourth-order valence-corrected chi connectivity index (χ4v) is 2.30. The number of likely N-dealkylation sites (N-methyl/N-ethyl adjacent to an activating group) is 1. The van der Waals surface area contributed by atoms with E-state index in [1.807, 2.05) is 29.9 Å². The van der Waals surface area contributed by atoms with Crippen molar-refractivity contribution >= 4 is 5.91 Å². The number of hydrogen-bond acceptors (Lipinski definition) is 3. The number of morpholine rings is 1. The maximum Gasteiger partial charge on any atom is 0.220 e. The SMILES string of the molecule is CN1CCO[C@@H](CNC(=O)CCc2cccn2C)C1. The average Bonchev–Trinajstić information content (AvgIpc) is 2.80. The maximum absolute atomic E-state index is 11.8. The fourth-order valence-electron chi connectivity index (χ4n) is 2.30. The van der Waals surface area contributed by atoms with E-state index in [4.69, 9.17) is 4.74 Å². The topological polar surface area (TPSA) is 46.5 Å². The molecule has 0 saturated carbocycles. The van der Waals surface area contributed by atoms with Gasteiger partial charge in [-0.3, -0.25) is 4.79 Å². The molecule has 5 heteroatoms. The molecule has 0 unspecified atom stereocenters. The second-order valence-electron chi connectivity index (χ2n) is 5.17. The van der Waals surface area contributed by atoms with Crippen LogP contribution in [0.2, 0.25) is 0 Å². The molecule has 5 nitrogen and oxygen atoms in total. The smallest absolute Gasteiger partial charge is 0.220 e. The highest BCUT2D eigenvalue weighted by atomic mass is 16.5. The first-order valence-electron chi connectivity index (χ1n) is 6.82. The molecule has 19 heavy (non-hydrogen) atoms. The van der Waals surface area contributed by atoms with Crippen LogP contribution in [-0.2, 0) is 23.0 Å². The van der Waals surface area contributed by atoms with Crippen molar-refractivity contribution in [3.63, 3.8) is 0 Å². The summed E-state index contributed by atoms with van der Waals surface area (Å²) in [6, 6.07) is 4.05. The first-order chi connectivity index (χ1) is 9.15. The number of nitrogens with one attached hydrogen (secondary N) is 1. The van der Waals surface area contributed by atoms with Gasteiger partial charge in [0.25, 0.3) is 0 Å². The summed E-state index contributed by atoms with van der Waals surface area (Å²) in [6.07, 6.45) is 3.43. The first kappa shape index (κ1) is 14.1. The second kappa shape index (κ2) is 6.73. The molecule has 0 spiro atoms. The molecule has 106 valence electrons. The van der Waals surface area contributed by atoms with Gasteiger partial charge in [0.2, 0.25) is 5.91 Å². The number of rotatable bonds is 5. The molecule has 1 saturated heterocycles. The summed E-state index contributed by atoms with van der Waals surface area (Å²) in [5.41, 5.74) is 1.18. The molecule has 1 fully saturated rings. The van der Waals surface area contributed by atoms with Gasteiger partial charge in [0.15, 0.2) is 0 Å². The van der Waals surface area contributed by atoms with Crippen molar-refractivity contribution in [1.82, 2.24) is 14.8 Å². The molecule has 0 aromatic carbocycles. The molecular formula is C14H23N3O2. The molecule has 1 amide bonds. The van der Waals surface area contributed by atoms with Gasteiger partial charge in [0.05, 0.1) is 12.7 Å². The Morgan fingerprint density at radius 2 is 2.37 bits per heavy atom. The minimum Gasteiger partial charge on any atom is -0.374 e. The van der Waals surface area contributed by atoms with Crippen LogP contribution in [0.3, 0.4) is 0 Å². The third-order valence-corrected chi connectivity index (χ3v) is 3.53. The molecule has 1 aliphatic rings. The van der Waals surface area contributed by atoms with Gasteiger partial charge in [-0.2, -0.15) is 0 Å². The fraction of sp³-hybridized carbons (Fsp3) is 0.643. The minimum absolute atomic E-state index is 0.0954. The lowest BCUT2D eigenvalue weighted by molar-refractivity contribution is -0.122. The van der Waals surface area contributed by atoms with Crippen molar-refractivity contribution in [3.8, 4) is 0 Å². The molecule has 1 N–H and O–H groups in total. The number of nitrogens with zero attached hydrogens (tertiary/aromatic N) is 2. The number of aryl methyl sites for hydroxylation is 2. The highest BCUT2D eigenvalue weighted by Crippen LogP contribution is 2.04. The molecule has 2 rings (SSSR count). The number of hydrogen-bond donors (Lipinski definition) is 1. The Hall–Kier alpha value is -1.33. The van der Waals surface area contributed by atoms with Gasteiger partial charge < -0.3 is 19.5 Å². The van der Waals surface area contributed by atoms with E-state index in [1.165, 1.54) is 5.69 Å². The zero-order valence-corrected chi connectivity index (χ0v) is 11.8. The van der Waals surface area contributed by atoms with Gasteiger partial charge in [-0.05, 0) is 25.6 Å². The molecule has 1 atom stereocenters. The van der Waals surface area contributed by atoms with Crippen molar-refractivity contribution in [3.05, 3.63) is 24.0 Å². The third-order valence-electron chi connectivity index (χ3n) is 3.53. The molecular weight excluding hydrogens is 242 g/mol. The highest BCUT2D eigenvalue weighted by molar-refractivity contribution is 5.76. The van der Waals surface area contributed by atoms with Crippen molar-refractivity contribution in [2.24, 2.45) is 7.05 Å². The molecule has 0 aliphatic carbocycles. The quantitative estimate of drug-likeness (QED) is 0.838. The predicted molar refractivity (Wildman–Crippen MR) is 74.0 cm³/mol. The first-order valence-corrected chi connectivity index (χ1v) is 6.82. The summed E-state index contributed by atoms with van der Waals surface area (Å²) in [4.78, 5) is 14.0. The lowest BCUT2D eigenvalue weighted by Gasteiger charge is -2.30. The van der Waals surface area contributed by atoms with Gasteiger partial charge in [-0.15, -0.1) is 0 Å². The summed E-state index contributed by atoms with van der Waals surface area (Å²) in [7, 11) is 4.08. The number of ether oxygens (including phenoxy) is 1. The third kappa shape index (κ3) is 4.36. The van der Waals surface area contributed by atoms with Crippen LogP contribution in [0.25, 0.3) is 0 Å². The number of aromatic nitrogens is 1. The monoisotopic (exact) mass is 265 g/mol. The van der Waals surface area contributed by atoms with Crippen LogP contribution in [-0.4, -0.2) is 54.8 Å². The van der Waals surface area contributed by atoms with E-state index >= 15 is 0 Å². The zero-order valence-electron chi connectivity index (χ0n) is 11.8. The van der Waals surface area contributed by atoms with Gasteiger partial charge in [-0.1, -0.05) is 0 Å². The van der Waals surface area contributed by atoms with Crippen molar-refractivity contribution in [2.45, 2.75) is 18.9 Å². The largest absolute Gasteiger partial charge is 0.374 e. The van der Waals surface area contributed by atoms with E-state index in [9.17, 15) is 4.79 Å². The van der Waals surface area contributed by atoms with Crippen molar-refractivity contribution < 1.29 is 9.53 Å². The Labute approximate surface area is 114 Å². The number of carbonyl (C=O) groups is 1. The molecule has 2 heterocycles. The van der Waals surface area contributed by atoms with Crippen LogP contribution in [0.15, 0.2) is 18.3 Å². The molecule has 1 aromatic heterocycles. The second-order valence-corrected chi connectivity index (χ2v) is 5.17.